The summed E-state index contributed by atoms with van der Waals surface area (Å²) in [6.45, 7) is 1.46. The predicted molar refractivity (Wildman–Crippen MR) is 88.9 cm³/mol. The minimum atomic E-state index is -4.50. The summed E-state index contributed by atoms with van der Waals surface area (Å²) in [6, 6.07) is 9.83. The SMILES string of the molecule is Cc1cc(OCC(=O)NN=Cc2ccccc2C(F)(F)F)ccc1Cl. The van der Waals surface area contributed by atoms with E-state index >= 15 is 0 Å². The maximum absolute atomic E-state index is 12.8. The zero-order valence-electron chi connectivity index (χ0n) is 13.1. The molecular formula is C17H14ClF3N2O2. The zero-order valence-corrected chi connectivity index (χ0v) is 13.9. The number of alkyl halides is 3. The predicted octanol–water partition coefficient (Wildman–Crippen LogP) is 4.20. The highest BCUT2D eigenvalue weighted by Crippen LogP contribution is 2.31. The van der Waals surface area contributed by atoms with Crippen LogP contribution in [0.4, 0.5) is 13.2 Å². The van der Waals surface area contributed by atoms with E-state index in [0.29, 0.717) is 10.8 Å². The summed E-state index contributed by atoms with van der Waals surface area (Å²) in [7, 11) is 0. The molecule has 0 aromatic heterocycles. The molecule has 0 aliphatic carbocycles. The van der Waals surface area contributed by atoms with Gasteiger partial charge in [0.15, 0.2) is 6.61 Å². The Kier molecular flexibility index (Phi) is 6.03. The van der Waals surface area contributed by atoms with Gasteiger partial charge in [0.05, 0.1) is 11.8 Å². The molecule has 1 amide bonds. The van der Waals surface area contributed by atoms with Crippen molar-refractivity contribution in [3.05, 3.63) is 64.2 Å². The number of amides is 1. The van der Waals surface area contributed by atoms with Crippen molar-refractivity contribution in [1.29, 1.82) is 0 Å². The fraction of sp³-hybridized carbons (Fsp3) is 0.176. The normalized spacial score (nSPS) is 11.6. The van der Waals surface area contributed by atoms with Crippen molar-refractivity contribution in [3.8, 4) is 5.75 Å². The highest BCUT2D eigenvalue weighted by Gasteiger charge is 2.32. The maximum atomic E-state index is 12.8. The first-order chi connectivity index (χ1) is 11.8. The smallest absolute Gasteiger partial charge is 0.417 e. The van der Waals surface area contributed by atoms with Gasteiger partial charge in [0, 0.05) is 10.6 Å². The number of rotatable bonds is 5. The number of hydrogen-bond acceptors (Lipinski definition) is 3. The Labute approximate surface area is 147 Å². The van der Waals surface area contributed by atoms with Crippen LogP contribution in [0.15, 0.2) is 47.6 Å². The molecule has 4 nitrogen and oxygen atoms in total. The van der Waals surface area contributed by atoms with Crippen molar-refractivity contribution in [3.63, 3.8) is 0 Å². The number of ether oxygens (including phenoxy) is 1. The molecule has 8 heteroatoms. The van der Waals surface area contributed by atoms with Crippen LogP contribution in [0.5, 0.6) is 5.75 Å². The quantitative estimate of drug-likeness (QED) is 0.633. The molecular weight excluding hydrogens is 357 g/mol. The van der Waals surface area contributed by atoms with E-state index in [1.54, 1.807) is 25.1 Å². The van der Waals surface area contributed by atoms with E-state index in [1.807, 2.05) is 0 Å². The lowest BCUT2D eigenvalue weighted by Crippen LogP contribution is -2.24. The van der Waals surface area contributed by atoms with Gasteiger partial charge < -0.3 is 4.74 Å². The van der Waals surface area contributed by atoms with Crippen LogP contribution in [0.3, 0.4) is 0 Å². The van der Waals surface area contributed by atoms with Crippen molar-refractivity contribution < 1.29 is 22.7 Å². The van der Waals surface area contributed by atoms with Crippen LogP contribution in [0.2, 0.25) is 5.02 Å². The Bertz CT molecular complexity index is 792. The summed E-state index contributed by atoms with van der Waals surface area (Å²) < 4.78 is 43.7. The summed E-state index contributed by atoms with van der Waals surface area (Å²) >= 11 is 5.88. The van der Waals surface area contributed by atoms with Gasteiger partial charge in [-0.25, -0.2) is 5.43 Å². The molecule has 0 atom stereocenters. The van der Waals surface area contributed by atoms with Crippen molar-refractivity contribution in [2.24, 2.45) is 5.10 Å². The van der Waals surface area contributed by atoms with E-state index in [4.69, 9.17) is 16.3 Å². The van der Waals surface area contributed by atoms with Crippen LogP contribution in [-0.2, 0) is 11.0 Å². The Balaban J connectivity index is 1.92. The molecule has 0 heterocycles. The molecule has 0 spiro atoms. The van der Waals surface area contributed by atoms with Crippen molar-refractivity contribution in [2.45, 2.75) is 13.1 Å². The summed E-state index contributed by atoms with van der Waals surface area (Å²) in [4.78, 5) is 11.6. The Morgan fingerprint density at radius 3 is 2.68 bits per heavy atom. The highest BCUT2D eigenvalue weighted by atomic mass is 35.5. The second kappa shape index (κ2) is 8.02. The maximum Gasteiger partial charge on any atom is 0.417 e. The van der Waals surface area contributed by atoms with Gasteiger partial charge in [-0.15, -0.1) is 0 Å². The van der Waals surface area contributed by atoms with Crippen LogP contribution in [-0.4, -0.2) is 18.7 Å². The van der Waals surface area contributed by atoms with Gasteiger partial charge in [-0.1, -0.05) is 29.8 Å². The number of halogens is 4. The molecule has 132 valence electrons. The first-order valence-corrected chi connectivity index (χ1v) is 7.52. The Morgan fingerprint density at radius 1 is 1.28 bits per heavy atom. The minimum Gasteiger partial charge on any atom is -0.484 e. The van der Waals surface area contributed by atoms with Gasteiger partial charge >= 0.3 is 6.18 Å². The molecule has 2 rings (SSSR count). The summed E-state index contributed by atoms with van der Waals surface area (Å²) in [5.41, 5.74) is 1.93. The van der Waals surface area contributed by atoms with E-state index in [2.05, 4.69) is 10.5 Å². The van der Waals surface area contributed by atoms with Crippen LogP contribution in [0.25, 0.3) is 0 Å². The average molecular weight is 371 g/mol. The van der Waals surface area contributed by atoms with Gasteiger partial charge in [-0.05, 0) is 36.8 Å². The molecule has 0 fully saturated rings. The van der Waals surface area contributed by atoms with E-state index in [1.165, 1.54) is 18.2 Å². The summed E-state index contributed by atoms with van der Waals surface area (Å²) in [5.74, 6) is -0.156. The lowest BCUT2D eigenvalue weighted by Gasteiger charge is -2.09. The molecule has 0 aliphatic rings. The van der Waals surface area contributed by atoms with E-state index < -0.39 is 17.6 Å². The Morgan fingerprint density at radius 2 is 2.00 bits per heavy atom. The van der Waals surface area contributed by atoms with E-state index in [9.17, 15) is 18.0 Å². The lowest BCUT2D eigenvalue weighted by atomic mass is 10.1. The number of carbonyl (C=O) groups is 1. The average Bonchev–Trinajstić information content (AvgIpc) is 2.55. The standard InChI is InChI=1S/C17H14ClF3N2O2/c1-11-8-13(6-7-15(11)18)25-10-16(24)23-22-9-12-4-2-3-5-14(12)17(19,20)21/h2-9H,10H2,1H3,(H,23,24). The van der Waals surface area contributed by atoms with Crippen molar-refractivity contribution in [1.82, 2.24) is 5.43 Å². The van der Waals surface area contributed by atoms with Crippen LogP contribution in [0.1, 0.15) is 16.7 Å². The van der Waals surface area contributed by atoms with Crippen LogP contribution < -0.4 is 10.2 Å². The molecule has 0 saturated carbocycles. The molecule has 0 radical (unpaired) electrons. The summed E-state index contributed by atoms with van der Waals surface area (Å²) in [5, 5.41) is 4.11. The number of nitrogens with one attached hydrogen (secondary N) is 1. The minimum absolute atomic E-state index is 0.149. The highest BCUT2D eigenvalue weighted by molar-refractivity contribution is 6.31. The Hall–Kier alpha value is -2.54. The third-order valence-electron chi connectivity index (χ3n) is 3.16. The first kappa shape index (κ1) is 18.8. The molecule has 0 unspecified atom stereocenters. The lowest BCUT2D eigenvalue weighted by molar-refractivity contribution is -0.137. The third kappa shape index (κ3) is 5.49. The van der Waals surface area contributed by atoms with Gasteiger partial charge in [-0.2, -0.15) is 18.3 Å². The van der Waals surface area contributed by atoms with Gasteiger partial charge in [0.1, 0.15) is 5.75 Å². The van der Waals surface area contributed by atoms with E-state index in [0.717, 1.165) is 17.8 Å². The van der Waals surface area contributed by atoms with Crippen molar-refractivity contribution in [2.75, 3.05) is 6.61 Å². The number of benzene rings is 2. The third-order valence-corrected chi connectivity index (χ3v) is 3.58. The topological polar surface area (TPSA) is 50.7 Å². The second-order valence-electron chi connectivity index (χ2n) is 5.08. The fourth-order valence-corrected chi connectivity index (χ4v) is 2.05. The van der Waals surface area contributed by atoms with Crippen LogP contribution in [0, 0.1) is 6.92 Å². The van der Waals surface area contributed by atoms with Crippen molar-refractivity contribution >= 4 is 23.7 Å². The molecule has 2 aromatic carbocycles. The molecule has 2 aromatic rings. The van der Waals surface area contributed by atoms with Gasteiger partial charge in [0.25, 0.3) is 5.91 Å². The van der Waals surface area contributed by atoms with Gasteiger partial charge in [0.2, 0.25) is 0 Å². The number of aryl methyl sites for hydroxylation is 1. The molecule has 0 saturated heterocycles. The van der Waals surface area contributed by atoms with E-state index in [-0.39, 0.29) is 12.2 Å². The number of hydrogen-bond donors (Lipinski definition) is 1. The molecule has 25 heavy (non-hydrogen) atoms. The number of hydrazone groups is 1. The molecule has 0 aliphatic heterocycles. The second-order valence-corrected chi connectivity index (χ2v) is 5.49. The van der Waals surface area contributed by atoms with Crippen LogP contribution >= 0.6 is 11.6 Å². The van der Waals surface area contributed by atoms with Gasteiger partial charge in [-0.3, -0.25) is 4.79 Å². The summed E-state index contributed by atoms with van der Waals surface area (Å²) in [6.07, 6.45) is -3.56. The first-order valence-electron chi connectivity index (χ1n) is 7.14. The molecule has 1 N–H and O–H groups in total. The molecule has 0 bridgehead atoms. The number of nitrogens with zero attached hydrogens (tertiary/aromatic N) is 1. The fourth-order valence-electron chi connectivity index (χ4n) is 1.93. The largest absolute Gasteiger partial charge is 0.484 e. The number of carbonyl (C=O) groups excluding carboxylic acids is 1. The zero-order chi connectivity index (χ0) is 18.4. The monoisotopic (exact) mass is 370 g/mol.